The summed E-state index contributed by atoms with van der Waals surface area (Å²) in [5, 5.41) is 11.7. The first-order chi connectivity index (χ1) is 7.44. The monoisotopic (exact) mass is 219 g/mol. The molecule has 0 aliphatic heterocycles. The Morgan fingerprint density at radius 1 is 1.56 bits per heavy atom. The Kier molecular flexibility index (Phi) is 3.46. The summed E-state index contributed by atoms with van der Waals surface area (Å²) >= 11 is 0. The van der Waals surface area contributed by atoms with Gasteiger partial charge in [0.25, 0.3) is 0 Å². The lowest BCUT2D eigenvalue weighted by atomic mass is 10.0. The lowest BCUT2D eigenvalue weighted by Crippen LogP contribution is -2.31. The van der Waals surface area contributed by atoms with Crippen molar-refractivity contribution in [3.63, 3.8) is 0 Å². The van der Waals surface area contributed by atoms with E-state index in [1.165, 1.54) is 12.4 Å². The van der Waals surface area contributed by atoms with Crippen molar-refractivity contribution in [2.45, 2.75) is 25.8 Å². The molecule has 1 aromatic heterocycles. The van der Waals surface area contributed by atoms with E-state index in [9.17, 15) is 4.79 Å². The number of nitrogens with one attached hydrogen (secondary N) is 1. The summed E-state index contributed by atoms with van der Waals surface area (Å²) in [6.45, 7) is 3.84. The molecular formula is C11H13N3O2. The Balaban J connectivity index is 2.76. The van der Waals surface area contributed by atoms with Crippen molar-refractivity contribution in [2.75, 3.05) is 5.32 Å². The standard InChI is InChI=1S/C11H13N3O2/c1-4-5-11(2,3)14-10-12-6-8(7-13-10)9(15)16/h1,6-7H,5H2,2-3H3,(H,15,16)(H,12,13,14). The van der Waals surface area contributed by atoms with Crippen molar-refractivity contribution in [1.29, 1.82) is 0 Å². The van der Waals surface area contributed by atoms with Gasteiger partial charge in [-0.15, -0.1) is 12.3 Å². The molecular weight excluding hydrogens is 206 g/mol. The highest BCUT2D eigenvalue weighted by atomic mass is 16.4. The zero-order valence-electron chi connectivity index (χ0n) is 9.19. The summed E-state index contributed by atoms with van der Waals surface area (Å²) in [4.78, 5) is 18.4. The molecule has 0 saturated heterocycles. The molecule has 0 bridgehead atoms. The number of carboxylic acid groups (broad SMARTS) is 1. The van der Waals surface area contributed by atoms with Gasteiger partial charge in [-0.3, -0.25) is 0 Å². The molecule has 0 atom stereocenters. The lowest BCUT2D eigenvalue weighted by Gasteiger charge is -2.23. The summed E-state index contributed by atoms with van der Waals surface area (Å²) in [5.74, 6) is 1.86. The largest absolute Gasteiger partial charge is 0.478 e. The fraction of sp³-hybridized carbons (Fsp3) is 0.364. The van der Waals surface area contributed by atoms with E-state index in [4.69, 9.17) is 11.5 Å². The van der Waals surface area contributed by atoms with Gasteiger partial charge in [-0.25, -0.2) is 14.8 Å². The molecule has 5 heteroatoms. The van der Waals surface area contributed by atoms with E-state index in [1.54, 1.807) is 0 Å². The predicted octanol–water partition coefficient (Wildman–Crippen LogP) is 1.39. The molecule has 0 radical (unpaired) electrons. The molecule has 84 valence electrons. The number of terminal acetylenes is 1. The minimum Gasteiger partial charge on any atom is -0.478 e. The summed E-state index contributed by atoms with van der Waals surface area (Å²) in [6.07, 6.45) is 8.26. The minimum absolute atomic E-state index is 0.0558. The second kappa shape index (κ2) is 4.62. The van der Waals surface area contributed by atoms with Crippen LogP contribution in [-0.2, 0) is 0 Å². The number of carboxylic acids is 1. The molecule has 1 rings (SSSR count). The highest BCUT2D eigenvalue weighted by Crippen LogP contribution is 2.13. The van der Waals surface area contributed by atoms with E-state index >= 15 is 0 Å². The van der Waals surface area contributed by atoms with E-state index in [0.717, 1.165) is 0 Å². The van der Waals surface area contributed by atoms with Gasteiger partial charge in [-0.2, -0.15) is 0 Å². The van der Waals surface area contributed by atoms with E-state index in [2.05, 4.69) is 21.2 Å². The molecule has 0 aliphatic carbocycles. The number of hydrogen-bond donors (Lipinski definition) is 2. The SMILES string of the molecule is C#CCC(C)(C)Nc1ncc(C(=O)O)cn1. The topological polar surface area (TPSA) is 75.1 Å². The molecule has 1 heterocycles. The average molecular weight is 219 g/mol. The van der Waals surface area contributed by atoms with E-state index < -0.39 is 5.97 Å². The number of carbonyl (C=O) groups is 1. The maximum atomic E-state index is 10.6. The van der Waals surface area contributed by atoms with Crippen LogP contribution in [0.1, 0.15) is 30.6 Å². The summed E-state index contributed by atoms with van der Waals surface area (Å²) in [6, 6.07) is 0. The average Bonchev–Trinajstić information content (AvgIpc) is 2.17. The van der Waals surface area contributed by atoms with Crippen LogP contribution in [0.5, 0.6) is 0 Å². The highest BCUT2D eigenvalue weighted by Gasteiger charge is 2.17. The molecule has 0 unspecified atom stereocenters. The smallest absolute Gasteiger partial charge is 0.338 e. The van der Waals surface area contributed by atoms with E-state index in [0.29, 0.717) is 12.4 Å². The maximum absolute atomic E-state index is 10.6. The summed E-state index contributed by atoms with van der Waals surface area (Å²) in [5.41, 5.74) is -0.264. The van der Waals surface area contributed by atoms with Gasteiger partial charge >= 0.3 is 5.97 Å². The van der Waals surface area contributed by atoms with Gasteiger partial charge in [-0.05, 0) is 13.8 Å². The molecule has 0 aliphatic rings. The van der Waals surface area contributed by atoms with Crippen LogP contribution in [0.3, 0.4) is 0 Å². The first-order valence-corrected chi connectivity index (χ1v) is 4.71. The summed E-state index contributed by atoms with van der Waals surface area (Å²) in [7, 11) is 0. The molecule has 16 heavy (non-hydrogen) atoms. The first-order valence-electron chi connectivity index (χ1n) is 4.71. The van der Waals surface area contributed by atoms with E-state index in [1.807, 2.05) is 13.8 Å². The molecule has 1 aromatic rings. The van der Waals surface area contributed by atoms with E-state index in [-0.39, 0.29) is 11.1 Å². The zero-order valence-corrected chi connectivity index (χ0v) is 9.19. The van der Waals surface area contributed by atoms with Gasteiger partial charge in [0, 0.05) is 24.4 Å². The highest BCUT2D eigenvalue weighted by molar-refractivity contribution is 5.86. The third-order valence-electron chi connectivity index (χ3n) is 1.89. The Hall–Kier alpha value is -2.09. The van der Waals surface area contributed by atoms with Crippen LogP contribution in [0, 0.1) is 12.3 Å². The number of nitrogens with zero attached hydrogens (tertiary/aromatic N) is 2. The molecule has 5 nitrogen and oxygen atoms in total. The van der Waals surface area contributed by atoms with Crippen molar-refractivity contribution in [1.82, 2.24) is 9.97 Å². The van der Waals surface area contributed by atoms with Gasteiger partial charge < -0.3 is 10.4 Å². The van der Waals surface area contributed by atoms with Crippen LogP contribution >= 0.6 is 0 Å². The third-order valence-corrected chi connectivity index (χ3v) is 1.89. The second-order valence-corrected chi connectivity index (χ2v) is 3.99. The molecule has 0 spiro atoms. The third kappa shape index (κ3) is 3.24. The summed E-state index contributed by atoms with van der Waals surface area (Å²) < 4.78 is 0. The number of aromatic nitrogens is 2. The van der Waals surface area contributed by atoms with Crippen LogP contribution in [-0.4, -0.2) is 26.6 Å². The van der Waals surface area contributed by atoms with Crippen molar-refractivity contribution in [2.24, 2.45) is 0 Å². The van der Waals surface area contributed by atoms with Crippen LogP contribution in [0.25, 0.3) is 0 Å². The predicted molar refractivity (Wildman–Crippen MR) is 60.1 cm³/mol. The molecule has 0 saturated carbocycles. The van der Waals surface area contributed by atoms with Crippen LogP contribution in [0.2, 0.25) is 0 Å². The van der Waals surface area contributed by atoms with Crippen molar-refractivity contribution >= 4 is 11.9 Å². The fourth-order valence-corrected chi connectivity index (χ4v) is 1.11. The molecule has 0 aromatic carbocycles. The molecule has 2 N–H and O–H groups in total. The van der Waals surface area contributed by atoms with Gasteiger partial charge in [0.2, 0.25) is 5.95 Å². The molecule has 0 amide bonds. The van der Waals surface area contributed by atoms with Gasteiger partial charge in [0.05, 0.1) is 5.56 Å². The maximum Gasteiger partial charge on any atom is 0.338 e. The minimum atomic E-state index is -1.05. The van der Waals surface area contributed by atoms with Crippen LogP contribution in [0.4, 0.5) is 5.95 Å². The van der Waals surface area contributed by atoms with Crippen LogP contribution < -0.4 is 5.32 Å². The van der Waals surface area contributed by atoms with Gasteiger partial charge in [-0.1, -0.05) is 0 Å². The fourth-order valence-electron chi connectivity index (χ4n) is 1.11. The van der Waals surface area contributed by atoms with Gasteiger partial charge in [0.1, 0.15) is 0 Å². The van der Waals surface area contributed by atoms with Crippen molar-refractivity contribution in [3.05, 3.63) is 18.0 Å². The molecule has 0 fully saturated rings. The number of anilines is 1. The van der Waals surface area contributed by atoms with Crippen molar-refractivity contribution < 1.29 is 9.90 Å². The van der Waals surface area contributed by atoms with Gasteiger partial charge in [0.15, 0.2) is 0 Å². The second-order valence-electron chi connectivity index (χ2n) is 3.99. The zero-order chi connectivity index (χ0) is 12.2. The quantitative estimate of drug-likeness (QED) is 0.748. The Morgan fingerprint density at radius 2 is 2.12 bits per heavy atom. The Bertz CT molecular complexity index is 418. The van der Waals surface area contributed by atoms with Crippen molar-refractivity contribution in [3.8, 4) is 12.3 Å². The Morgan fingerprint density at radius 3 is 2.56 bits per heavy atom. The Labute approximate surface area is 93.9 Å². The number of aromatic carboxylic acids is 1. The number of rotatable bonds is 4. The first kappa shape index (κ1) is 12.0. The van der Waals surface area contributed by atoms with Crippen LogP contribution in [0.15, 0.2) is 12.4 Å². The lowest BCUT2D eigenvalue weighted by molar-refractivity contribution is 0.0696. The normalized spacial score (nSPS) is 10.6. The number of hydrogen-bond acceptors (Lipinski definition) is 4.